The Balaban J connectivity index is 2.23. The molecule has 0 atom stereocenters. The lowest BCUT2D eigenvalue weighted by Crippen LogP contribution is -2.04. The zero-order valence-corrected chi connectivity index (χ0v) is 6.62. The maximum Gasteiger partial charge on any atom is 0.213 e. The highest BCUT2D eigenvalue weighted by atomic mass is 16.5. The maximum absolute atomic E-state index is 10.5. The van der Waals surface area contributed by atoms with Crippen LogP contribution in [-0.4, -0.2) is 26.0 Å². The van der Waals surface area contributed by atoms with Crippen molar-refractivity contribution in [3.63, 3.8) is 0 Å². The highest BCUT2D eigenvalue weighted by Crippen LogP contribution is 1.98. The third-order valence-corrected chi connectivity index (χ3v) is 1.57. The van der Waals surface area contributed by atoms with Crippen molar-refractivity contribution in [3.8, 4) is 0 Å². The van der Waals surface area contributed by atoms with Gasteiger partial charge in [0.1, 0.15) is 0 Å². The van der Waals surface area contributed by atoms with Gasteiger partial charge in [-0.25, -0.2) is 4.98 Å². The molecule has 6 heteroatoms. The van der Waals surface area contributed by atoms with Gasteiger partial charge >= 0.3 is 0 Å². The average molecular weight is 178 g/mol. The molecule has 0 fully saturated rings. The first-order valence-electron chi connectivity index (χ1n) is 3.61. The first kappa shape index (κ1) is 7.66. The third kappa shape index (κ3) is 1.46. The molecule has 0 spiro atoms. The number of aromatic nitrogens is 4. The minimum absolute atomic E-state index is 0.352. The van der Waals surface area contributed by atoms with Crippen LogP contribution in [0.4, 0.5) is 0 Å². The van der Waals surface area contributed by atoms with Gasteiger partial charge in [-0.05, 0) is 0 Å². The first-order chi connectivity index (χ1) is 6.40. The summed E-state index contributed by atoms with van der Waals surface area (Å²) in [6.07, 6.45) is 5.15. The summed E-state index contributed by atoms with van der Waals surface area (Å²) in [5.74, 6) is 0.867. The lowest BCUT2D eigenvalue weighted by Gasteiger charge is -1.97. The van der Waals surface area contributed by atoms with E-state index in [0.717, 1.165) is 0 Å². The zero-order valence-electron chi connectivity index (χ0n) is 6.62. The van der Waals surface area contributed by atoms with Gasteiger partial charge in [-0.1, -0.05) is 5.16 Å². The van der Waals surface area contributed by atoms with Gasteiger partial charge < -0.3 is 9.09 Å². The second-order valence-electron chi connectivity index (χ2n) is 2.38. The van der Waals surface area contributed by atoms with Gasteiger partial charge in [-0.15, -0.1) is 0 Å². The Bertz CT molecular complexity index is 392. The van der Waals surface area contributed by atoms with E-state index in [1.165, 1.54) is 6.39 Å². The van der Waals surface area contributed by atoms with Crippen LogP contribution in [0.2, 0.25) is 0 Å². The Kier molecular flexibility index (Phi) is 1.87. The Morgan fingerprint density at radius 3 is 3.15 bits per heavy atom. The summed E-state index contributed by atoms with van der Waals surface area (Å²) in [4.78, 5) is 18.1. The molecule has 0 saturated heterocycles. The van der Waals surface area contributed by atoms with Gasteiger partial charge in [-0.3, -0.25) is 4.79 Å². The van der Waals surface area contributed by atoms with E-state index in [-0.39, 0.29) is 0 Å². The topological polar surface area (TPSA) is 73.8 Å². The molecule has 2 aromatic heterocycles. The second kappa shape index (κ2) is 3.18. The summed E-state index contributed by atoms with van der Waals surface area (Å²) >= 11 is 0. The molecule has 66 valence electrons. The molecule has 0 aliphatic heterocycles. The molecule has 2 rings (SSSR count). The molecule has 2 heterocycles. The number of imidazole rings is 1. The van der Waals surface area contributed by atoms with Gasteiger partial charge in [0, 0.05) is 12.4 Å². The molecule has 0 aliphatic rings. The second-order valence-corrected chi connectivity index (χ2v) is 2.38. The standard InChI is InChI=1S/C7H6N4O2/c12-4-7-8-1-2-11(7)3-6-9-5-13-10-6/h1-2,4-5H,3H2. The van der Waals surface area contributed by atoms with E-state index in [2.05, 4.69) is 19.6 Å². The summed E-state index contributed by atoms with van der Waals surface area (Å²) in [6.45, 7) is 0.393. The number of carbonyl (C=O) groups excluding carboxylic acids is 1. The maximum atomic E-state index is 10.5. The normalized spacial score (nSPS) is 10.2. The Morgan fingerprint density at radius 1 is 1.54 bits per heavy atom. The van der Waals surface area contributed by atoms with E-state index in [0.29, 0.717) is 24.5 Å². The molecule has 0 amide bonds. The molecule has 0 aromatic carbocycles. The highest BCUT2D eigenvalue weighted by molar-refractivity contribution is 5.69. The molecule has 0 saturated carbocycles. The van der Waals surface area contributed by atoms with Crippen LogP contribution in [0.1, 0.15) is 16.4 Å². The van der Waals surface area contributed by atoms with Crippen LogP contribution >= 0.6 is 0 Å². The minimum atomic E-state index is 0.352. The lowest BCUT2D eigenvalue weighted by molar-refractivity contribution is 0.111. The van der Waals surface area contributed by atoms with Crippen molar-refractivity contribution < 1.29 is 9.32 Å². The minimum Gasteiger partial charge on any atom is -0.343 e. The van der Waals surface area contributed by atoms with Crippen molar-refractivity contribution in [2.24, 2.45) is 0 Å². The van der Waals surface area contributed by atoms with E-state index in [1.807, 2.05) is 0 Å². The lowest BCUT2D eigenvalue weighted by atomic mass is 10.5. The van der Waals surface area contributed by atoms with E-state index in [4.69, 9.17) is 0 Å². The average Bonchev–Trinajstić information content (AvgIpc) is 2.76. The van der Waals surface area contributed by atoms with E-state index in [1.54, 1.807) is 17.0 Å². The van der Waals surface area contributed by atoms with Gasteiger partial charge in [0.2, 0.25) is 6.39 Å². The molecule has 2 aromatic rings. The highest BCUT2D eigenvalue weighted by Gasteiger charge is 2.04. The molecular weight excluding hydrogens is 172 g/mol. The molecule has 0 unspecified atom stereocenters. The Hall–Kier alpha value is -1.98. The third-order valence-electron chi connectivity index (χ3n) is 1.57. The van der Waals surface area contributed by atoms with Gasteiger partial charge in [0.05, 0.1) is 6.54 Å². The number of hydrogen-bond donors (Lipinski definition) is 0. The van der Waals surface area contributed by atoms with Crippen molar-refractivity contribution in [2.45, 2.75) is 6.54 Å². The smallest absolute Gasteiger partial charge is 0.213 e. The van der Waals surface area contributed by atoms with Crippen molar-refractivity contribution in [1.82, 2.24) is 19.7 Å². The van der Waals surface area contributed by atoms with Crippen LogP contribution in [0.25, 0.3) is 0 Å². The van der Waals surface area contributed by atoms with Crippen LogP contribution in [0, 0.1) is 0 Å². The fraction of sp³-hybridized carbons (Fsp3) is 0.143. The monoisotopic (exact) mass is 178 g/mol. The van der Waals surface area contributed by atoms with Crippen LogP contribution in [0.15, 0.2) is 23.3 Å². The molecule has 13 heavy (non-hydrogen) atoms. The molecular formula is C7H6N4O2. The van der Waals surface area contributed by atoms with Crippen molar-refractivity contribution in [1.29, 1.82) is 0 Å². The van der Waals surface area contributed by atoms with Crippen molar-refractivity contribution in [3.05, 3.63) is 30.4 Å². The Morgan fingerprint density at radius 2 is 2.46 bits per heavy atom. The largest absolute Gasteiger partial charge is 0.343 e. The van der Waals surface area contributed by atoms with Crippen molar-refractivity contribution >= 4 is 6.29 Å². The summed E-state index contributed by atoms with van der Waals surface area (Å²) in [5, 5.41) is 3.62. The van der Waals surface area contributed by atoms with Crippen molar-refractivity contribution in [2.75, 3.05) is 0 Å². The number of nitrogens with zero attached hydrogens (tertiary/aromatic N) is 4. The number of aldehydes is 1. The van der Waals surface area contributed by atoms with Crippen LogP contribution in [-0.2, 0) is 6.54 Å². The number of rotatable bonds is 3. The van der Waals surface area contributed by atoms with Crippen LogP contribution in [0.5, 0.6) is 0 Å². The molecule has 0 bridgehead atoms. The summed E-state index contributed by atoms with van der Waals surface area (Å²) in [6, 6.07) is 0. The summed E-state index contributed by atoms with van der Waals surface area (Å²) in [7, 11) is 0. The fourth-order valence-corrected chi connectivity index (χ4v) is 0.987. The number of carbonyl (C=O) groups is 1. The van der Waals surface area contributed by atoms with E-state index >= 15 is 0 Å². The SMILES string of the molecule is O=Cc1nccn1Cc1ncon1. The van der Waals surface area contributed by atoms with Crippen LogP contribution < -0.4 is 0 Å². The first-order valence-corrected chi connectivity index (χ1v) is 3.61. The summed E-state index contributed by atoms with van der Waals surface area (Å²) < 4.78 is 6.19. The van der Waals surface area contributed by atoms with Gasteiger partial charge in [-0.2, -0.15) is 4.98 Å². The fourth-order valence-electron chi connectivity index (χ4n) is 0.987. The molecule has 0 radical (unpaired) electrons. The predicted molar refractivity (Wildman–Crippen MR) is 41.0 cm³/mol. The zero-order chi connectivity index (χ0) is 9.10. The van der Waals surface area contributed by atoms with Crippen LogP contribution in [0.3, 0.4) is 0 Å². The molecule has 6 nitrogen and oxygen atoms in total. The van der Waals surface area contributed by atoms with E-state index < -0.39 is 0 Å². The predicted octanol–water partition coefficient (Wildman–Crippen LogP) is 0.127. The number of hydrogen-bond acceptors (Lipinski definition) is 5. The van der Waals surface area contributed by atoms with E-state index in [9.17, 15) is 4.79 Å². The molecule has 0 N–H and O–H groups in total. The molecule has 0 aliphatic carbocycles. The quantitative estimate of drug-likeness (QED) is 0.624. The van der Waals surface area contributed by atoms with Gasteiger partial charge in [0.15, 0.2) is 17.9 Å². The van der Waals surface area contributed by atoms with Gasteiger partial charge in [0.25, 0.3) is 0 Å². The Labute approximate surface area is 73.2 Å². The summed E-state index contributed by atoms with van der Waals surface area (Å²) in [5.41, 5.74) is 0.